The number of nitrogens with one attached hydrogen (secondary N) is 3. The van der Waals surface area contributed by atoms with Gasteiger partial charge in [0.2, 0.25) is 0 Å². The van der Waals surface area contributed by atoms with Gasteiger partial charge in [0.25, 0.3) is 0 Å². The van der Waals surface area contributed by atoms with E-state index in [-0.39, 0.29) is 44.6 Å². The molecule has 0 bridgehead atoms. The molecule has 288 valence electrons. The summed E-state index contributed by atoms with van der Waals surface area (Å²) >= 11 is 0. The molecule has 0 aromatic carbocycles. The first-order chi connectivity index (χ1) is 18.3. The quantitative estimate of drug-likeness (QED) is 0.158. The zero-order chi connectivity index (χ0) is 30.8. The van der Waals surface area contributed by atoms with E-state index in [0.29, 0.717) is 0 Å². The molecule has 0 spiro atoms. The van der Waals surface area contributed by atoms with Crippen molar-refractivity contribution in [2.24, 2.45) is 0 Å². The summed E-state index contributed by atoms with van der Waals surface area (Å²) in [6.45, 7) is 18.7. The van der Waals surface area contributed by atoms with Crippen molar-refractivity contribution in [2.45, 2.75) is 65.3 Å². The van der Waals surface area contributed by atoms with E-state index in [1.807, 2.05) is 21.1 Å². The van der Waals surface area contributed by atoms with Gasteiger partial charge in [-0.3, -0.25) is 44.1 Å². The Kier molecular flexibility index (Phi) is 67.8. The van der Waals surface area contributed by atoms with Gasteiger partial charge >= 0.3 is 0 Å². The highest BCUT2D eigenvalue weighted by atomic mass is 15.4. The molecule has 0 radical (unpaired) electrons. The standard InChI is InChI=1S/C11H28N4.C9H24N4.C7H20N4.6CH4/c1-7-12(3)9-14(5)11-15(6)10-13(4)8-2;1-6-11(3)8-13(5)9-12(4)7-10-2;1-8-5-10(3)7-11(4)6-9-2;;;;;;/h7-11H2,1-6H3;10H,6-9H2,1-5H3;8-9H,5-7H2,1-4H3;6*1H4. The van der Waals surface area contributed by atoms with E-state index in [1.54, 1.807) is 0 Å². The minimum atomic E-state index is 0. The average Bonchev–Trinajstić information content (AvgIpc) is 2.84. The minimum absolute atomic E-state index is 0. The molecule has 12 nitrogen and oxygen atoms in total. The highest BCUT2D eigenvalue weighted by molar-refractivity contribution is 4.54. The van der Waals surface area contributed by atoms with Gasteiger partial charge < -0.3 is 16.0 Å². The lowest BCUT2D eigenvalue weighted by atomic mass is 10.6. The van der Waals surface area contributed by atoms with Gasteiger partial charge in [-0.2, -0.15) is 0 Å². The summed E-state index contributed by atoms with van der Waals surface area (Å²) in [5, 5.41) is 9.31. The van der Waals surface area contributed by atoms with Crippen molar-refractivity contribution in [2.75, 3.05) is 164 Å². The molecule has 0 aromatic heterocycles. The minimum Gasteiger partial charge on any atom is -0.307 e. The summed E-state index contributed by atoms with van der Waals surface area (Å²) < 4.78 is 0. The molecule has 0 saturated carbocycles. The number of nitrogens with zero attached hydrogens (tertiary/aromatic N) is 9. The lowest BCUT2D eigenvalue weighted by molar-refractivity contribution is 0.0879. The first kappa shape index (κ1) is 66.8. The van der Waals surface area contributed by atoms with Crippen LogP contribution in [0.15, 0.2) is 0 Å². The second kappa shape index (κ2) is 45.6. The van der Waals surface area contributed by atoms with Crippen LogP contribution in [-0.4, -0.2) is 208 Å². The Labute approximate surface area is 289 Å². The van der Waals surface area contributed by atoms with E-state index in [1.165, 1.54) is 0 Å². The smallest absolute Gasteiger partial charge is 0.0523 e. The Balaban J connectivity index is -0.0000000584. The molecule has 0 amide bonds. The lowest BCUT2D eigenvalue weighted by Gasteiger charge is -2.30. The molecule has 0 aromatic rings. The second-order valence-corrected chi connectivity index (χ2v) is 11.0. The molecule has 45 heavy (non-hydrogen) atoms. The third-order valence-electron chi connectivity index (χ3n) is 5.80. The van der Waals surface area contributed by atoms with Crippen LogP contribution in [0.1, 0.15) is 65.3 Å². The van der Waals surface area contributed by atoms with Crippen molar-refractivity contribution in [3.63, 3.8) is 0 Å². The monoisotopic (exact) mass is 661 g/mol. The van der Waals surface area contributed by atoms with E-state index < -0.39 is 0 Å². The SMILES string of the molecule is C.C.C.C.C.C.CCN(C)CN(C)CN(C)CN(C)CC.CCN(C)CN(C)CN(C)CNC.CNCN(C)CN(C)CNC. The molecule has 12 heteroatoms. The average molecular weight is 661 g/mol. The van der Waals surface area contributed by atoms with Crippen LogP contribution in [0.2, 0.25) is 0 Å². The van der Waals surface area contributed by atoms with E-state index in [4.69, 9.17) is 0 Å². The third-order valence-corrected chi connectivity index (χ3v) is 5.80. The zero-order valence-corrected chi connectivity index (χ0v) is 29.0. The maximum atomic E-state index is 3.13. The first-order valence-corrected chi connectivity index (χ1v) is 14.4. The van der Waals surface area contributed by atoms with Gasteiger partial charge in [-0.1, -0.05) is 65.3 Å². The molecule has 0 fully saturated rings. The molecule has 0 saturated heterocycles. The van der Waals surface area contributed by atoms with Gasteiger partial charge in [0.05, 0.1) is 40.0 Å². The number of hydrogen-bond donors (Lipinski definition) is 3. The molecule has 0 unspecified atom stereocenters. The normalized spacial score (nSPS) is 10.4. The molecule has 0 rings (SSSR count). The van der Waals surface area contributed by atoms with Crippen molar-refractivity contribution < 1.29 is 0 Å². The van der Waals surface area contributed by atoms with Crippen LogP contribution >= 0.6 is 0 Å². The third kappa shape index (κ3) is 50.6. The highest BCUT2D eigenvalue weighted by Gasteiger charge is 2.07. The van der Waals surface area contributed by atoms with Crippen LogP contribution in [0, 0.1) is 0 Å². The maximum Gasteiger partial charge on any atom is 0.0523 e. The summed E-state index contributed by atoms with van der Waals surface area (Å²) in [6, 6.07) is 0. The largest absolute Gasteiger partial charge is 0.307 e. The topological polar surface area (TPSA) is 65.3 Å². The highest BCUT2D eigenvalue weighted by Crippen LogP contribution is 1.93. The second-order valence-electron chi connectivity index (χ2n) is 11.0. The molecule has 0 atom stereocenters. The van der Waals surface area contributed by atoms with Gasteiger partial charge in [-0.05, 0) is 104 Å². The Morgan fingerprint density at radius 2 is 0.444 bits per heavy atom. The van der Waals surface area contributed by atoms with Crippen LogP contribution in [0.25, 0.3) is 0 Å². The molecule has 0 aliphatic rings. The molecular weight excluding hydrogens is 564 g/mol. The van der Waals surface area contributed by atoms with Crippen molar-refractivity contribution >= 4 is 0 Å². The van der Waals surface area contributed by atoms with Gasteiger partial charge in [-0.25, -0.2) is 0 Å². The number of hydrogen-bond acceptors (Lipinski definition) is 12. The van der Waals surface area contributed by atoms with Crippen molar-refractivity contribution in [1.82, 2.24) is 60.0 Å². The summed E-state index contributed by atoms with van der Waals surface area (Å²) in [5.74, 6) is 0. The Hall–Kier alpha value is -0.480. The van der Waals surface area contributed by atoms with Crippen molar-refractivity contribution in [3.05, 3.63) is 0 Å². The van der Waals surface area contributed by atoms with Crippen LogP contribution in [0.3, 0.4) is 0 Å². The van der Waals surface area contributed by atoms with Crippen LogP contribution in [0.5, 0.6) is 0 Å². The van der Waals surface area contributed by atoms with Gasteiger partial charge in [-0.15, -0.1) is 0 Å². The predicted octanol–water partition coefficient (Wildman–Crippen LogP) is 3.50. The predicted molar refractivity (Wildman–Crippen MR) is 213 cm³/mol. The van der Waals surface area contributed by atoms with Crippen LogP contribution in [-0.2, 0) is 0 Å². The Bertz CT molecular complexity index is 465. The molecule has 0 heterocycles. The summed E-state index contributed by atoms with van der Waals surface area (Å²) in [5.41, 5.74) is 0. The lowest BCUT2D eigenvalue weighted by Crippen LogP contribution is -2.42. The fourth-order valence-electron chi connectivity index (χ4n) is 3.87. The Morgan fingerprint density at radius 3 is 0.622 bits per heavy atom. The van der Waals surface area contributed by atoms with Crippen molar-refractivity contribution in [1.29, 1.82) is 0 Å². The van der Waals surface area contributed by atoms with Gasteiger partial charge in [0.1, 0.15) is 0 Å². The molecule has 0 aliphatic carbocycles. The van der Waals surface area contributed by atoms with Gasteiger partial charge in [0, 0.05) is 20.0 Å². The van der Waals surface area contributed by atoms with E-state index in [0.717, 1.165) is 79.7 Å². The molecule has 3 N–H and O–H groups in total. The zero-order valence-electron chi connectivity index (χ0n) is 29.0. The van der Waals surface area contributed by atoms with Crippen molar-refractivity contribution in [3.8, 4) is 0 Å². The first-order valence-electron chi connectivity index (χ1n) is 14.4. The van der Waals surface area contributed by atoms with Gasteiger partial charge in [0.15, 0.2) is 0 Å². The fraction of sp³-hybridized carbons (Fsp3) is 1.00. The fourth-order valence-corrected chi connectivity index (χ4v) is 3.87. The molecular formula is C33H96N12. The summed E-state index contributed by atoms with van der Waals surface area (Å²) in [7, 11) is 25.0. The summed E-state index contributed by atoms with van der Waals surface area (Å²) in [4.78, 5) is 20.5. The number of rotatable bonds is 21. The molecule has 0 aliphatic heterocycles. The van der Waals surface area contributed by atoms with E-state index in [9.17, 15) is 0 Å². The summed E-state index contributed by atoms with van der Waals surface area (Å²) in [6.07, 6.45) is 0. The Morgan fingerprint density at radius 1 is 0.289 bits per heavy atom. The maximum absolute atomic E-state index is 3.13. The van der Waals surface area contributed by atoms with Crippen LogP contribution in [0.4, 0.5) is 0 Å². The van der Waals surface area contributed by atoms with Crippen LogP contribution < -0.4 is 16.0 Å². The van der Waals surface area contributed by atoms with E-state index >= 15 is 0 Å². The van der Waals surface area contributed by atoms with E-state index in [2.05, 4.69) is 144 Å².